The average Bonchev–Trinajstić information content (AvgIpc) is 2.83. The molecule has 9 heteroatoms. The van der Waals surface area contributed by atoms with Gasteiger partial charge in [-0.05, 0) is 49.1 Å². The molecule has 3 aromatic carbocycles. The zero-order valence-electron chi connectivity index (χ0n) is 19.7. The number of benzene rings is 3. The van der Waals surface area contributed by atoms with E-state index < -0.39 is 23.5 Å². The average molecular weight is 525 g/mol. The Balaban J connectivity index is 0.000000271. The molecule has 0 aliphatic carbocycles. The number of ether oxygens (including phenoxy) is 1. The number of carbonyl (C=O) groups excluding carboxylic acids is 1. The number of phenolic OH excluding ortho intramolecular Hbond substituents is 1. The fourth-order valence-electron chi connectivity index (χ4n) is 2.76. The molecule has 5 nitrogen and oxygen atoms in total. The predicted octanol–water partition coefficient (Wildman–Crippen LogP) is 6.95. The Morgan fingerprint density at radius 2 is 1.36 bits per heavy atom. The number of aliphatic carboxylic acids is 1. The molecule has 36 heavy (non-hydrogen) atoms. The van der Waals surface area contributed by atoms with Gasteiger partial charge in [-0.3, -0.25) is 9.59 Å². The molecule has 3 aromatic rings. The van der Waals surface area contributed by atoms with Crippen LogP contribution >= 0.6 is 11.6 Å². The number of halogens is 4. The molecule has 0 saturated carbocycles. The molecule has 0 bridgehead atoms. The van der Waals surface area contributed by atoms with E-state index in [-0.39, 0.29) is 17.4 Å². The number of alkyl halides is 3. The zero-order chi connectivity index (χ0) is 27.0. The summed E-state index contributed by atoms with van der Waals surface area (Å²) in [6.07, 6.45) is -2.40. The minimum absolute atomic E-state index is 0.119. The molecule has 0 aliphatic rings. The van der Waals surface area contributed by atoms with E-state index >= 15 is 0 Å². The van der Waals surface area contributed by atoms with Crippen LogP contribution in [0.4, 0.5) is 13.2 Å². The lowest BCUT2D eigenvalue weighted by Gasteiger charge is -2.06. The quantitative estimate of drug-likeness (QED) is 0.327. The summed E-state index contributed by atoms with van der Waals surface area (Å²) in [6.45, 7) is 2.29. The van der Waals surface area contributed by atoms with E-state index in [1.54, 1.807) is 0 Å². The highest BCUT2D eigenvalue weighted by molar-refractivity contribution is 6.30. The molecule has 0 radical (unpaired) electrons. The lowest BCUT2D eigenvalue weighted by atomic mass is 10.1. The third-order valence-electron chi connectivity index (χ3n) is 4.45. The van der Waals surface area contributed by atoms with Gasteiger partial charge in [0.15, 0.2) is 0 Å². The Morgan fingerprint density at radius 3 is 1.78 bits per heavy atom. The van der Waals surface area contributed by atoms with Gasteiger partial charge in [0.25, 0.3) is 0 Å². The molecule has 3 rings (SSSR count). The highest BCUT2D eigenvalue weighted by atomic mass is 35.5. The van der Waals surface area contributed by atoms with E-state index in [0.717, 1.165) is 24.1 Å². The topological polar surface area (TPSA) is 83.8 Å². The van der Waals surface area contributed by atoms with Gasteiger partial charge in [0.2, 0.25) is 0 Å². The SMILES string of the molecule is CCOC(=O)CCc1ccccc1.O=C(O)CCc1ccccc1.Oc1cc(Cl)cc(C(F)(F)F)c1. The van der Waals surface area contributed by atoms with Crippen LogP contribution in [0.15, 0.2) is 78.9 Å². The molecule has 0 aromatic heterocycles. The number of carboxylic acids is 1. The Kier molecular flexibility index (Phi) is 13.7. The first-order valence-corrected chi connectivity index (χ1v) is 11.4. The monoisotopic (exact) mass is 524 g/mol. The summed E-state index contributed by atoms with van der Waals surface area (Å²) in [5.41, 5.74) is 1.30. The van der Waals surface area contributed by atoms with Gasteiger partial charge < -0.3 is 14.9 Å². The first-order valence-electron chi connectivity index (χ1n) is 11.0. The van der Waals surface area contributed by atoms with Gasteiger partial charge in [0, 0.05) is 17.9 Å². The van der Waals surface area contributed by atoms with Crippen molar-refractivity contribution >= 4 is 23.5 Å². The fourth-order valence-corrected chi connectivity index (χ4v) is 2.99. The van der Waals surface area contributed by atoms with Crippen molar-refractivity contribution in [3.8, 4) is 5.75 Å². The van der Waals surface area contributed by atoms with E-state index in [0.29, 0.717) is 25.5 Å². The van der Waals surface area contributed by atoms with Crippen molar-refractivity contribution in [3.05, 3.63) is 101 Å². The van der Waals surface area contributed by atoms with Crippen LogP contribution in [0.5, 0.6) is 5.75 Å². The maximum Gasteiger partial charge on any atom is 0.416 e. The molecule has 0 heterocycles. The van der Waals surface area contributed by atoms with Gasteiger partial charge in [-0.1, -0.05) is 72.3 Å². The first-order chi connectivity index (χ1) is 17.0. The van der Waals surface area contributed by atoms with Gasteiger partial charge in [-0.15, -0.1) is 0 Å². The molecule has 194 valence electrons. The van der Waals surface area contributed by atoms with E-state index in [9.17, 15) is 22.8 Å². The van der Waals surface area contributed by atoms with Crippen molar-refractivity contribution in [2.45, 2.75) is 38.8 Å². The number of esters is 1. The fraction of sp³-hybridized carbons (Fsp3) is 0.259. The second-order valence-corrected chi connectivity index (χ2v) is 7.80. The van der Waals surface area contributed by atoms with E-state index in [4.69, 9.17) is 26.6 Å². The summed E-state index contributed by atoms with van der Waals surface area (Å²) in [4.78, 5) is 21.2. The molecular weight excluding hydrogens is 497 g/mol. The smallest absolute Gasteiger partial charge is 0.416 e. The summed E-state index contributed by atoms with van der Waals surface area (Å²) in [5, 5.41) is 17.0. The Morgan fingerprint density at radius 1 is 0.861 bits per heavy atom. The molecule has 0 unspecified atom stereocenters. The van der Waals surface area contributed by atoms with Gasteiger partial charge >= 0.3 is 18.1 Å². The Hall–Kier alpha value is -3.52. The standard InChI is InChI=1S/C11H14O2.C9H10O2.C7H4ClF3O/c1-2-13-11(12)9-8-10-6-4-3-5-7-10;10-9(11)7-6-8-4-2-1-3-5-8;8-5-1-4(7(9,10)11)2-6(12)3-5/h3-7H,2,8-9H2,1H3;1-5H,6-7H2,(H,10,11);1-3,12H. The number of hydrogen-bond acceptors (Lipinski definition) is 4. The summed E-state index contributed by atoms with van der Waals surface area (Å²) < 4.78 is 40.8. The largest absolute Gasteiger partial charge is 0.508 e. The number of phenols is 1. The number of rotatable bonds is 7. The van der Waals surface area contributed by atoms with Gasteiger partial charge in [0.05, 0.1) is 12.2 Å². The van der Waals surface area contributed by atoms with Crippen LogP contribution in [0.3, 0.4) is 0 Å². The van der Waals surface area contributed by atoms with E-state index in [1.807, 2.05) is 67.6 Å². The van der Waals surface area contributed by atoms with Crippen LogP contribution in [-0.4, -0.2) is 28.8 Å². The molecular formula is C27H28ClF3O5. The molecule has 2 N–H and O–H groups in total. The third kappa shape index (κ3) is 14.0. The summed E-state index contributed by atoms with van der Waals surface area (Å²) in [7, 11) is 0. The highest BCUT2D eigenvalue weighted by Crippen LogP contribution is 2.33. The van der Waals surface area contributed by atoms with Gasteiger partial charge in [-0.25, -0.2) is 0 Å². The predicted molar refractivity (Wildman–Crippen MR) is 132 cm³/mol. The number of hydrogen-bond donors (Lipinski definition) is 2. The van der Waals surface area contributed by atoms with Crippen LogP contribution in [0.2, 0.25) is 5.02 Å². The molecule has 0 fully saturated rings. The second-order valence-electron chi connectivity index (χ2n) is 7.37. The number of carbonyl (C=O) groups is 2. The van der Waals surface area contributed by atoms with Crippen molar-refractivity contribution in [1.29, 1.82) is 0 Å². The van der Waals surface area contributed by atoms with Crippen LogP contribution in [-0.2, 0) is 33.3 Å². The van der Waals surface area contributed by atoms with Crippen LogP contribution < -0.4 is 0 Å². The van der Waals surface area contributed by atoms with Crippen molar-refractivity contribution in [2.24, 2.45) is 0 Å². The van der Waals surface area contributed by atoms with Gasteiger partial charge in [0.1, 0.15) is 5.75 Å². The van der Waals surface area contributed by atoms with E-state index in [1.165, 1.54) is 5.56 Å². The highest BCUT2D eigenvalue weighted by Gasteiger charge is 2.31. The van der Waals surface area contributed by atoms with Gasteiger partial charge in [-0.2, -0.15) is 13.2 Å². The maximum absolute atomic E-state index is 12.0. The third-order valence-corrected chi connectivity index (χ3v) is 4.66. The zero-order valence-corrected chi connectivity index (χ0v) is 20.4. The van der Waals surface area contributed by atoms with Crippen LogP contribution in [0, 0.1) is 0 Å². The Labute approximate surface area is 213 Å². The van der Waals surface area contributed by atoms with Crippen molar-refractivity contribution < 1.29 is 37.7 Å². The minimum atomic E-state index is -4.47. The molecule has 0 amide bonds. The van der Waals surface area contributed by atoms with Crippen molar-refractivity contribution in [3.63, 3.8) is 0 Å². The van der Waals surface area contributed by atoms with Crippen LogP contribution in [0.1, 0.15) is 36.5 Å². The van der Waals surface area contributed by atoms with Crippen LogP contribution in [0.25, 0.3) is 0 Å². The lowest BCUT2D eigenvalue weighted by Crippen LogP contribution is -2.04. The normalized spacial score (nSPS) is 10.2. The number of aromatic hydroxyl groups is 1. The summed E-state index contributed by atoms with van der Waals surface area (Å²) >= 11 is 5.30. The molecule has 0 aliphatic heterocycles. The number of carboxylic acid groups (broad SMARTS) is 1. The lowest BCUT2D eigenvalue weighted by molar-refractivity contribution is -0.143. The molecule has 0 spiro atoms. The second kappa shape index (κ2) is 16.2. The van der Waals surface area contributed by atoms with Crippen molar-refractivity contribution in [1.82, 2.24) is 0 Å². The first kappa shape index (κ1) is 30.5. The van der Waals surface area contributed by atoms with E-state index in [2.05, 4.69) is 0 Å². The van der Waals surface area contributed by atoms with Crippen molar-refractivity contribution in [2.75, 3.05) is 6.61 Å². The minimum Gasteiger partial charge on any atom is -0.508 e. The Bertz CT molecular complexity index is 1040. The molecule has 0 atom stereocenters. The summed E-state index contributed by atoms with van der Waals surface area (Å²) in [6, 6.07) is 22.0. The number of aryl methyl sites for hydroxylation is 2. The maximum atomic E-state index is 12.0. The molecule has 0 saturated heterocycles. The summed E-state index contributed by atoms with van der Waals surface area (Å²) in [5.74, 6) is -1.35.